The highest BCUT2D eigenvalue weighted by molar-refractivity contribution is 6.74. The molecule has 0 amide bonds. The highest BCUT2D eigenvalue weighted by atomic mass is 28.4. The Bertz CT molecular complexity index is 1390. The number of carbonyl (C=O) groups excluding carboxylic acids is 1. The Morgan fingerprint density at radius 1 is 1.10 bits per heavy atom. The van der Waals surface area contributed by atoms with Crippen LogP contribution in [0.1, 0.15) is 74.6 Å². The summed E-state index contributed by atoms with van der Waals surface area (Å²) >= 11 is 0. The van der Waals surface area contributed by atoms with Gasteiger partial charge in [-0.05, 0) is 97.8 Å². The molecule has 1 aliphatic heterocycles. The van der Waals surface area contributed by atoms with Crippen LogP contribution in [0.3, 0.4) is 0 Å². The lowest BCUT2D eigenvalue weighted by Gasteiger charge is -2.36. The van der Waals surface area contributed by atoms with Crippen LogP contribution in [0.2, 0.25) is 18.1 Å². The minimum Gasteiger partial charge on any atom is -0.543 e. The molecule has 0 fully saturated rings. The first kappa shape index (κ1) is 31.6. The first-order chi connectivity index (χ1) is 19.7. The largest absolute Gasteiger partial charge is 0.543 e. The first-order valence-electron chi connectivity index (χ1n) is 14.8. The van der Waals surface area contributed by atoms with Gasteiger partial charge in [0.25, 0.3) is 0 Å². The summed E-state index contributed by atoms with van der Waals surface area (Å²) < 4.78 is 38.9. The number of hydrogen-bond acceptors (Lipinski definition) is 5. The van der Waals surface area contributed by atoms with Crippen LogP contribution >= 0.6 is 0 Å². The zero-order valence-electron chi connectivity index (χ0n) is 26.4. The summed E-state index contributed by atoms with van der Waals surface area (Å²) in [6.45, 7) is 19.9. The van der Waals surface area contributed by atoms with Crippen molar-refractivity contribution in [3.8, 4) is 17.2 Å². The molecule has 0 saturated carbocycles. The van der Waals surface area contributed by atoms with Gasteiger partial charge >= 0.3 is 5.97 Å². The van der Waals surface area contributed by atoms with E-state index in [1.54, 1.807) is 0 Å². The second-order valence-corrected chi connectivity index (χ2v) is 17.7. The third-order valence-electron chi connectivity index (χ3n) is 8.83. The number of fused-ring (bicyclic) bond motifs is 1. The van der Waals surface area contributed by atoms with Crippen molar-refractivity contribution in [3.63, 3.8) is 0 Å². The monoisotopic (exact) mass is 592 g/mol. The predicted molar refractivity (Wildman–Crippen MR) is 170 cm³/mol. The fourth-order valence-electron chi connectivity index (χ4n) is 5.39. The van der Waals surface area contributed by atoms with E-state index in [0.717, 1.165) is 46.4 Å². The third-order valence-corrected chi connectivity index (χ3v) is 13.2. The maximum absolute atomic E-state index is 15.4. The number of methoxy groups -OCH3 is 1. The van der Waals surface area contributed by atoms with Crippen molar-refractivity contribution >= 4 is 19.9 Å². The topological polar surface area (TPSA) is 54.0 Å². The summed E-state index contributed by atoms with van der Waals surface area (Å²) in [6.07, 6.45) is 5.36. The molecule has 7 heteroatoms. The van der Waals surface area contributed by atoms with Crippen molar-refractivity contribution in [1.29, 1.82) is 0 Å². The van der Waals surface area contributed by atoms with Crippen molar-refractivity contribution in [2.24, 2.45) is 0 Å². The Hall–Kier alpha value is -3.32. The maximum atomic E-state index is 15.4. The maximum Gasteiger partial charge on any atom is 0.306 e. The smallest absolute Gasteiger partial charge is 0.306 e. The molecule has 1 heterocycles. The molecule has 0 unspecified atom stereocenters. The molecule has 5 nitrogen and oxygen atoms in total. The summed E-state index contributed by atoms with van der Waals surface area (Å²) in [5, 5.41) is 0.108. The SMILES string of the molecule is C=C1/C(F)=C\C=C(\c2c(C)cc(O[Si](C)(C)C(C)(C)C)cc2C)CCC[C@H]1Oc1ccc2c(c1)OC[C@H]2CC(=O)OC. The number of benzene rings is 2. The molecule has 42 heavy (non-hydrogen) atoms. The van der Waals surface area contributed by atoms with E-state index in [1.165, 1.54) is 13.2 Å². The van der Waals surface area contributed by atoms with Crippen molar-refractivity contribution < 1.29 is 27.8 Å². The van der Waals surface area contributed by atoms with Crippen LogP contribution in [0, 0.1) is 13.8 Å². The van der Waals surface area contributed by atoms with Crippen molar-refractivity contribution in [2.45, 2.75) is 90.5 Å². The summed E-state index contributed by atoms with van der Waals surface area (Å²) in [6, 6.07) is 9.82. The van der Waals surface area contributed by atoms with Gasteiger partial charge in [0, 0.05) is 23.1 Å². The average molecular weight is 593 g/mol. The van der Waals surface area contributed by atoms with Gasteiger partial charge in [-0.25, -0.2) is 4.39 Å². The molecule has 1 aliphatic carbocycles. The van der Waals surface area contributed by atoms with E-state index in [-0.39, 0.29) is 29.2 Å². The Balaban J connectivity index is 1.49. The molecule has 0 aromatic heterocycles. The zero-order chi connectivity index (χ0) is 30.8. The fourth-order valence-corrected chi connectivity index (χ4v) is 6.41. The lowest BCUT2D eigenvalue weighted by molar-refractivity contribution is -0.141. The molecular weight excluding hydrogens is 547 g/mol. The Kier molecular flexibility index (Phi) is 9.41. The van der Waals surface area contributed by atoms with Gasteiger partial charge in [0.1, 0.15) is 29.2 Å². The number of esters is 1. The second kappa shape index (κ2) is 12.5. The van der Waals surface area contributed by atoms with E-state index < -0.39 is 14.4 Å². The second-order valence-electron chi connectivity index (χ2n) is 13.0. The zero-order valence-corrected chi connectivity index (χ0v) is 27.4. The number of allylic oxidation sites excluding steroid dienone is 3. The van der Waals surface area contributed by atoms with Gasteiger partial charge in [-0.3, -0.25) is 4.79 Å². The number of halogens is 1. The molecular formula is C35H45FO5Si. The van der Waals surface area contributed by atoms with E-state index in [0.29, 0.717) is 30.1 Å². The van der Waals surface area contributed by atoms with E-state index in [1.807, 2.05) is 24.3 Å². The molecule has 2 atom stereocenters. The van der Waals surface area contributed by atoms with Gasteiger partial charge < -0.3 is 18.6 Å². The minimum atomic E-state index is -1.97. The average Bonchev–Trinajstić information content (AvgIpc) is 3.31. The van der Waals surface area contributed by atoms with Crippen LogP contribution in [0.25, 0.3) is 5.57 Å². The molecule has 4 rings (SSSR count). The van der Waals surface area contributed by atoms with Crippen LogP contribution in [0.5, 0.6) is 17.2 Å². The van der Waals surface area contributed by atoms with E-state index in [9.17, 15) is 4.79 Å². The molecule has 2 aliphatic rings. The van der Waals surface area contributed by atoms with Crippen molar-refractivity contribution in [3.05, 3.63) is 82.7 Å². The standard InChI is InChI=1S/C35H45FO5Si/c1-22-17-28(41-42(8,9)35(4,5)6)18-23(2)34(22)25-11-10-12-31(24(3)30(36)16-13-25)40-27-14-15-29-26(19-33(37)38-7)21-39-32(29)20-27/h13-18,20,26,31H,3,10-12,19,21H2,1-2,4-9H3/b25-13+,30-16+/t26-,31-/m1/s1. The summed E-state index contributed by atoms with van der Waals surface area (Å²) in [5.74, 6) is 1.47. The highest BCUT2D eigenvalue weighted by Gasteiger charge is 2.39. The molecule has 0 spiro atoms. The van der Waals surface area contributed by atoms with Gasteiger partial charge in [0.05, 0.1) is 20.1 Å². The molecule has 2 aromatic rings. The molecule has 2 aromatic carbocycles. The lowest BCUT2D eigenvalue weighted by atomic mass is 9.91. The van der Waals surface area contributed by atoms with Gasteiger partial charge in [-0.2, -0.15) is 0 Å². The van der Waals surface area contributed by atoms with E-state index in [2.05, 4.69) is 66.4 Å². The summed E-state index contributed by atoms with van der Waals surface area (Å²) in [7, 11) is -0.583. The fraction of sp³-hybridized carbons (Fsp3) is 0.457. The molecule has 0 saturated heterocycles. The van der Waals surface area contributed by atoms with Gasteiger partial charge in [-0.15, -0.1) is 0 Å². The van der Waals surface area contributed by atoms with Gasteiger partial charge in [-0.1, -0.05) is 39.5 Å². The number of rotatable bonds is 7. The van der Waals surface area contributed by atoms with Crippen molar-refractivity contribution in [2.75, 3.05) is 13.7 Å². The van der Waals surface area contributed by atoms with E-state index >= 15 is 4.39 Å². The van der Waals surface area contributed by atoms with Crippen LogP contribution < -0.4 is 13.9 Å². The van der Waals surface area contributed by atoms with Crippen molar-refractivity contribution in [1.82, 2.24) is 0 Å². The van der Waals surface area contributed by atoms with Crippen LogP contribution in [0.4, 0.5) is 4.39 Å². The predicted octanol–water partition coefficient (Wildman–Crippen LogP) is 9.15. The van der Waals surface area contributed by atoms with Gasteiger partial charge in [0.15, 0.2) is 0 Å². The number of carbonyl (C=O) groups is 1. The Morgan fingerprint density at radius 2 is 1.79 bits per heavy atom. The molecule has 0 bridgehead atoms. The number of aryl methyl sites for hydroxylation is 2. The molecule has 0 N–H and O–H groups in total. The quantitative estimate of drug-likeness (QED) is 0.237. The first-order valence-corrected chi connectivity index (χ1v) is 17.7. The van der Waals surface area contributed by atoms with Crippen LogP contribution in [0.15, 0.2) is 60.5 Å². The number of hydrogen-bond donors (Lipinski definition) is 0. The normalized spacial score (nSPS) is 21.9. The minimum absolute atomic E-state index is 0.0501. The van der Waals surface area contributed by atoms with Gasteiger partial charge in [0.2, 0.25) is 8.32 Å². The van der Waals surface area contributed by atoms with E-state index in [4.69, 9.17) is 18.6 Å². The third kappa shape index (κ3) is 7.00. The van der Waals surface area contributed by atoms with Crippen LogP contribution in [-0.4, -0.2) is 34.1 Å². The lowest BCUT2D eigenvalue weighted by Crippen LogP contribution is -2.43. The van der Waals surface area contributed by atoms with Crippen LogP contribution in [-0.2, 0) is 9.53 Å². The Morgan fingerprint density at radius 3 is 2.43 bits per heavy atom. The highest BCUT2D eigenvalue weighted by Crippen LogP contribution is 2.41. The molecule has 0 radical (unpaired) electrons. The molecule has 226 valence electrons. The summed E-state index contributed by atoms with van der Waals surface area (Å²) in [5.41, 5.74) is 5.76. The number of ether oxygens (including phenoxy) is 3. The Labute approximate surface area is 251 Å². The summed E-state index contributed by atoms with van der Waals surface area (Å²) in [4.78, 5) is 11.7.